The fourth-order valence-corrected chi connectivity index (χ4v) is 4.58. The highest BCUT2D eigenvalue weighted by Gasteiger charge is 2.42. The van der Waals surface area contributed by atoms with Crippen LogP contribution >= 0.6 is 0 Å². The molecule has 1 heterocycles. The van der Waals surface area contributed by atoms with Crippen molar-refractivity contribution in [2.45, 2.75) is 51.6 Å². The summed E-state index contributed by atoms with van der Waals surface area (Å²) in [6.07, 6.45) is 5.66. The van der Waals surface area contributed by atoms with E-state index < -0.39 is 0 Å². The maximum absolute atomic E-state index is 12.7. The smallest absolute Gasteiger partial charge is 0.230 e. The van der Waals surface area contributed by atoms with Gasteiger partial charge in [0.2, 0.25) is 11.8 Å². The molecule has 7 heteroatoms. The third kappa shape index (κ3) is 5.32. The molecule has 1 aliphatic carbocycles. The second-order valence-corrected chi connectivity index (χ2v) is 8.71. The zero-order valence-electron chi connectivity index (χ0n) is 18.5. The van der Waals surface area contributed by atoms with E-state index in [9.17, 15) is 9.59 Å². The Bertz CT molecular complexity index is 784. The molecule has 0 radical (unpaired) electrons. The summed E-state index contributed by atoms with van der Waals surface area (Å²) < 4.78 is 0. The van der Waals surface area contributed by atoms with Crippen molar-refractivity contribution in [3.8, 4) is 0 Å². The molecular weight excluding hydrogens is 378 g/mol. The predicted molar refractivity (Wildman–Crippen MR) is 119 cm³/mol. The monoisotopic (exact) mass is 413 g/mol. The maximum Gasteiger partial charge on any atom is 0.230 e. The number of benzene rings is 1. The molecule has 0 unspecified atom stereocenters. The average Bonchev–Trinajstić information content (AvgIpc) is 3.38. The SMILES string of the molecule is CN=C(NCc1cccc(CN2CCCC2=O)c1)NCC1(C(=O)N(C)C)CCCC1. The summed E-state index contributed by atoms with van der Waals surface area (Å²) in [5.41, 5.74) is 1.96. The van der Waals surface area contributed by atoms with Gasteiger partial charge in [-0.15, -0.1) is 0 Å². The number of hydrogen-bond donors (Lipinski definition) is 2. The van der Waals surface area contributed by atoms with E-state index >= 15 is 0 Å². The molecule has 1 aliphatic heterocycles. The van der Waals surface area contributed by atoms with Gasteiger partial charge in [0.05, 0.1) is 5.41 Å². The molecule has 0 spiro atoms. The molecular formula is C23H35N5O2. The van der Waals surface area contributed by atoms with Crippen LogP contribution in [-0.2, 0) is 22.7 Å². The topological polar surface area (TPSA) is 77.0 Å². The summed E-state index contributed by atoms with van der Waals surface area (Å²) in [5.74, 6) is 1.15. The van der Waals surface area contributed by atoms with Gasteiger partial charge in [-0.25, -0.2) is 0 Å². The molecule has 7 nitrogen and oxygen atoms in total. The number of likely N-dealkylation sites (tertiary alicyclic amines) is 1. The van der Waals surface area contributed by atoms with Gasteiger partial charge in [-0.2, -0.15) is 0 Å². The Morgan fingerprint density at radius 1 is 1.17 bits per heavy atom. The molecule has 0 aromatic heterocycles. The molecule has 0 bridgehead atoms. The zero-order valence-corrected chi connectivity index (χ0v) is 18.5. The molecule has 2 aliphatic rings. The lowest BCUT2D eigenvalue weighted by Crippen LogP contribution is -2.49. The number of guanidine groups is 1. The highest BCUT2D eigenvalue weighted by molar-refractivity contribution is 5.85. The van der Waals surface area contributed by atoms with Crippen LogP contribution in [0.2, 0.25) is 0 Å². The molecule has 0 atom stereocenters. The lowest BCUT2D eigenvalue weighted by molar-refractivity contribution is -0.138. The number of carbonyl (C=O) groups is 2. The lowest BCUT2D eigenvalue weighted by atomic mass is 9.84. The van der Waals surface area contributed by atoms with Gasteiger partial charge in [0.1, 0.15) is 0 Å². The summed E-state index contributed by atoms with van der Waals surface area (Å²) in [7, 11) is 5.41. The Kier molecular flexibility index (Phi) is 7.34. The Morgan fingerprint density at radius 2 is 1.90 bits per heavy atom. The summed E-state index contributed by atoms with van der Waals surface area (Å²) in [6, 6.07) is 8.31. The molecule has 2 amide bonds. The molecule has 1 saturated heterocycles. The number of carbonyl (C=O) groups excluding carboxylic acids is 2. The van der Waals surface area contributed by atoms with Crippen molar-refractivity contribution in [2.75, 3.05) is 34.2 Å². The van der Waals surface area contributed by atoms with E-state index in [1.54, 1.807) is 11.9 Å². The van der Waals surface area contributed by atoms with Gasteiger partial charge in [0.25, 0.3) is 0 Å². The molecule has 164 valence electrons. The number of rotatable bonds is 7. The minimum atomic E-state index is -0.330. The van der Waals surface area contributed by atoms with E-state index in [1.807, 2.05) is 25.1 Å². The first kappa shape index (κ1) is 22.1. The van der Waals surface area contributed by atoms with E-state index in [2.05, 4.69) is 33.8 Å². The van der Waals surface area contributed by atoms with Crippen LogP contribution in [0.1, 0.15) is 49.7 Å². The van der Waals surface area contributed by atoms with Gasteiger partial charge in [-0.3, -0.25) is 14.6 Å². The van der Waals surface area contributed by atoms with Crippen LogP contribution in [0.15, 0.2) is 29.3 Å². The lowest BCUT2D eigenvalue weighted by Gasteiger charge is -2.31. The normalized spacial score (nSPS) is 18.6. The minimum absolute atomic E-state index is 0.201. The maximum atomic E-state index is 12.7. The first-order valence-electron chi connectivity index (χ1n) is 11.0. The molecule has 1 aromatic carbocycles. The van der Waals surface area contributed by atoms with E-state index in [0.29, 0.717) is 32.0 Å². The van der Waals surface area contributed by atoms with Gasteiger partial charge < -0.3 is 20.4 Å². The summed E-state index contributed by atoms with van der Waals surface area (Å²) in [4.78, 5) is 32.6. The number of amides is 2. The molecule has 1 aromatic rings. The Morgan fingerprint density at radius 3 is 2.53 bits per heavy atom. The Hall–Kier alpha value is -2.57. The Balaban J connectivity index is 1.54. The number of aliphatic imine (C=N–C) groups is 1. The van der Waals surface area contributed by atoms with Crippen LogP contribution in [0, 0.1) is 5.41 Å². The van der Waals surface area contributed by atoms with Crippen LogP contribution < -0.4 is 10.6 Å². The van der Waals surface area contributed by atoms with Gasteiger partial charge in [0, 0.05) is 53.7 Å². The molecule has 2 fully saturated rings. The van der Waals surface area contributed by atoms with Crippen LogP contribution in [0.3, 0.4) is 0 Å². The number of hydrogen-bond acceptors (Lipinski definition) is 3. The van der Waals surface area contributed by atoms with E-state index in [4.69, 9.17) is 0 Å². The molecule has 30 heavy (non-hydrogen) atoms. The highest BCUT2D eigenvalue weighted by Crippen LogP contribution is 2.38. The largest absolute Gasteiger partial charge is 0.355 e. The van der Waals surface area contributed by atoms with Gasteiger partial charge in [-0.1, -0.05) is 37.1 Å². The number of nitrogens with one attached hydrogen (secondary N) is 2. The van der Waals surface area contributed by atoms with Crippen molar-refractivity contribution in [1.82, 2.24) is 20.4 Å². The van der Waals surface area contributed by atoms with Crippen LogP contribution in [-0.4, -0.2) is 61.8 Å². The van der Waals surface area contributed by atoms with Crippen molar-refractivity contribution in [2.24, 2.45) is 10.4 Å². The van der Waals surface area contributed by atoms with Crippen molar-refractivity contribution in [3.05, 3.63) is 35.4 Å². The molecule has 3 rings (SSSR count). The van der Waals surface area contributed by atoms with Crippen molar-refractivity contribution in [1.29, 1.82) is 0 Å². The van der Waals surface area contributed by atoms with Crippen LogP contribution in [0.5, 0.6) is 0 Å². The molecule has 2 N–H and O–H groups in total. The van der Waals surface area contributed by atoms with Gasteiger partial charge >= 0.3 is 0 Å². The second kappa shape index (κ2) is 9.96. The fraction of sp³-hybridized carbons (Fsp3) is 0.609. The molecule has 1 saturated carbocycles. The second-order valence-electron chi connectivity index (χ2n) is 8.71. The number of nitrogens with zero attached hydrogens (tertiary/aromatic N) is 3. The van der Waals surface area contributed by atoms with Crippen molar-refractivity contribution in [3.63, 3.8) is 0 Å². The summed E-state index contributed by atoms with van der Waals surface area (Å²) in [6.45, 7) is 2.76. The van der Waals surface area contributed by atoms with Crippen LogP contribution in [0.4, 0.5) is 0 Å². The quantitative estimate of drug-likeness (QED) is 0.530. The predicted octanol–water partition coefficient (Wildman–Crippen LogP) is 2.12. The third-order valence-electron chi connectivity index (χ3n) is 6.23. The van der Waals surface area contributed by atoms with Gasteiger partial charge in [0.15, 0.2) is 5.96 Å². The minimum Gasteiger partial charge on any atom is -0.355 e. The van der Waals surface area contributed by atoms with E-state index in [1.165, 1.54) is 0 Å². The third-order valence-corrected chi connectivity index (χ3v) is 6.23. The van der Waals surface area contributed by atoms with Crippen molar-refractivity contribution < 1.29 is 9.59 Å². The average molecular weight is 414 g/mol. The first-order valence-corrected chi connectivity index (χ1v) is 11.0. The summed E-state index contributed by atoms with van der Waals surface area (Å²) in [5, 5.41) is 6.73. The van der Waals surface area contributed by atoms with Crippen LogP contribution in [0.25, 0.3) is 0 Å². The van der Waals surface area contributed by atoms with Gasteiger partial charge in [-0.05, 0) is 30.4 Å². The summed E-state index contributed by atoms with van der Waals surface area (Å²) >= 11 is 0. The highest BCUT2D eigenvalue weighted by atomic mass is 16.2. The van der Waals surface area contributed by atoms with E-state index in [-0.39, 0.29) is 17.2 Å². The van der Waals surface area contributed by atoms with E-state index in [0.717, 1.165) is 49.8 Å². The first-order chi connectivity index (χ1) is 14.4. The standard InChI is InChI=1S/C23H35N5O2/c1-24-22(26-17-23(11-4-5-12-23)21(30)27(2)3)25-15-18-8-6-9-19(14-18)16-28-13-7-10-20(28)29/h6,8-9,14H,4-5,7,10-13,15-17H2,1-3H3,(H2,24,25,26). The Labute approximate surface area is 179 Å². The van der Waals surface area contributed by atoms with Crippen molar-refractivity contribution >= 4 is 17.8 Å². The zero-order chi connectivity index (χ0) is 21.6. The fourth-order valence-electron chi connectivity index (χ4n) is 4.58.